The Balaban J connectivity index is 1.73. The van der Waals surface area contributed by atoms with Gasteiger partial charge >= 0.3 is 0 Å². The van der Waals surface area contributed by atoms with Crippen LogP contribution in [0.25, 0.3) is 6.08 Å². The van der Waals surface area contributed by atoms with E-state index in [0.717, 1.165) is 6.42 Å². The summed E-state index contributed by atoms with van der Waals surface area (Å²) in [4.78, 5) is 20.1. The summed E-state index contributed by atoms with van der Waals surface area (Å²) >= 11 is 0. The Bertz CT molecular complexity index is 719. The van der Waals surface area contributed by atoms with Crippen molar-refractivity contribution in [1.82, 2.24) is 15.3 Å². The van der Waals surface area contributed by atoms with Crippen molar-refractivity contribution in [1.29, 1.82) is 0 Å². The Morgan fingerprint density at radius 2 is 2.30 bits per heavy atom. The summed E-state index contributed by atoms with van der Waals surface area (Å²) in [5, 5.41) is 2.89. The van der Waals surface area contributed by atoms with Gasteiger partial charge in [-0.25, -0.2) is 4.39 Å². The molecule has 1 atom stereocenters. The van der Waals surface area contributed by atoms with Crippen molar-refractivity contribution in [2.75, 3.05) is 6.61 Å². The van der Waals surface area contributed by atoms with Gasteiger partial charge < -0.3 is 10.1 Å². The van der Waals surface area contributed by atoms with Gasteiger partial charge in [0.2, 0.25) is 5.91 Å². The summed E-state index contributed by atoms with van der Waals surface area (Å²) < 4.78 is 19.1. The molecule has 1 amide bonds. The second-order valence-corrected chi connectivity index (χ2v) is 5.20. The highest BCUT2D eigenvalue weighted by molar-refractivity contribution is 5.91. The van der Waals surface area contributed by atoms with Crippen LogP contribution in [-0.2, 0) is 4.79 Å². The Kier molecular flexibility index (Phi) is 4.61. The van der Waals surface area contributed by atoms with Crippen LogP contribution in [0.15, 0.2) is 42.9 Å². The molecule has 5 nitrogen and oxygen atoms in total. The number of halogens is 1. The Morgan fingerprint density at radius 1 is 1.39 bits per heavy atom. The summed E-state index contributed by atoms with van der Waals surface area (Å²) in [6.45, 7) is 0.556. The average Bonchev–Trinajstić information content (AvgIpc) is 2.76. The minimum absolute atomic E-state index is 0.266. The van der Waals surface area contributed by atoms with Crippen LogP contribution in [0.4, 0.5) is 4.39 Å². The first kappa shape index (κ1) is 15.1. The van der Waals surface area contributed by atoms with Gasteiger partial charge in [0.05, 0.1) is 24.5 Å². The number of hydrogen-bond donors (Lipinski definition) is 1. The fourth-order valence-corrected chi connectivity index (χ4v) is 2.48. The lowest BCUT2D eigenvalue weighted by atomic mass is 10.0. The third-order valence-electron chi connectivity index (χ3n) is 3.55. The quantitative estimate of drug-likeness (QED) is 0.885. The average molecular weight is 313 g/mol. The number of aromatic nitrogens is 2. The second kappa shape index (κ2) is 7.00. The smallest absolute Gasteiger partial charge is 0.244 e. The van der Waals surface area contributed by atoms with E-state index in [0.29, 0.717) is 30.0 Å². The molecule has 23 heavy (non-hydrogen) atoms. The topological polar surface area (TPSA) is 64.1 Å². The first-order chi connectivity index (χ1) is 11.2. The molecule has 1 aromatic carbocycles. The standard InChI is InChI=1S/C17H16FN3O2/c18-12-3-5-16-14(10-12)15(2-1-9-23-16)21-17(22)6-4-13-11-19-7-8-20-13/h3-8,10-11,15H,1-2,9H2,(H,21,22)/b6-4+. The van der Waals surface area contributed by atoms with E-state index in [1.807, 2.05) is 0 Å². The molecule has 0 fully saturated rings. The molecular weight excluding hydrogens is 297 g/mol. The third kappa shape index (κ3) is 3.91. The lowest BCUT2D eigenvalue weighted by Gasteiger charge is -2.17. The Morgan fingerprint density at radius 3 is 3.13 bits per heavy atom. The number of fused-ring (bicyclic) bond motifs is 1. The first-order valence-electron chi connectivity index (χ1n) is 7.39. The maximum atomic E-state index is 13.5. The van der Waals surface area contributed by atoms with Gasteiger partial charge in [-0.2, -0.15) is 0 Å². The van der Waals surface area contributed by atoms with Gasteiger partial charge in [0.25, 0.3) is 0 Å². The molecule has 0 bridgehead atoms. The molecule has 6 heteroatoms. The molecule has 0 aliphatic carbocycles. The second-order valence-electron chi connectivity index (χ2n) is 5.20. The molecule has 0 radical (unpaired) electrons. The van der Waals surface area contributed by atoms with Crippen molar-refractivity contribution in [2.24, 2.45) is 0 Å². The molecule has 3 rings (SSSR count). The summed E-state index contributed by atoms with van der Waals surface area (Å²) in [6.07, 6.45) is 9.15. The fraction of sp³-hybridized carbons (Fsp3) is 0.235. The van der Waals surface area contributed by atoms with E-state index < -0.39 is 0 Å². The van der Waals surface area contributed by atoms with Crippen molar-refractivity contribution in [3.05, 3.63) is 59.9 Å². The van der Waals surface area contributed by atoms with Crippen LogP contribution in [0.3, 0.4) is 0 Å². The zero-order chi connectivity index (χ0) is 16.1. The van der Waals surface area contributed by atoms with Crippen molar-refractivity contribution in [3.63, 3.8) is 0 Å². The zero-order valence-electron chi connectivity index (χ0n) is 12.4. The van der Waals surface area contributed by atoms with Gasteiger partial charge in [0, 0.05) is 24.0 Å². The van der Waals surface area contributed by atoms with E-state index in [1.165, 1.54) is 18.2 Å². The number of nitrogens with one attached hydrogen (secondary N) is 1. The molecule has 118 valence electrons. The van der Waals surface area contributed by atoms with Crippen LogP contribution in [0, 0.1) is 5.82 Å². The van der Waals surface area contributed by atoms with Crippen LogP contribution >= 0.6 is 0 Å². The number of benzene rings is 1. The molecule has 1 aliphatic heterocycles. The van der Waals surface area contributed by atoms with Gasteiger partial charge in [0.15, 0.2) is 0 Å². The highest BCUT2D eigenvalue weighted by atomic mass is 19.1. The SMILES string of the molecule is O=C(/C=C/c1cnccn1)NC1CCCOc2ccc(F)cc21. The number of carbonyl (C=O) groups excluding carboxylic acids is 1. The van der Waals surface area contributed by atoms with Crippen LogP contribution in [-0.4, -0.2) is 22.5 Å². The van der Waals surface area contributed by atoms with Gasteiger partial charge in [-0.1, -0.05) is 0 Å². The van der Waals surface area contributed by atoms with E-state index in [1.54, 1.807) is 30.7 Å². The lowest BCUT2D eigenvalue weighted by molar-refractivity contribution is -0.117. The molecule has 1 aliphatic rings. The van der Waals surface area contributed by atoms with Crippen molar-refractivity contribution in [2.45, 2.75) is 18.9 Å². The van der Waals surface area contributed by atoms with Gasteiger partial charge in [-0.15, -0.1) is 0 Å². The third-order valence-corrected chi connectivity index (χ3v) is 3.55. The molecule has 2 aromatic rings. The number of ether oxygens (including phenoxy) is 1. The van der Waals surface area contributed by atoms with E-state index in [2.05, 4.69) is 15.3 Å². The van der Waals surface area contributed by atoms with Crippen LogP contribution in [0.2, 0.25) is 0 Å². The van der Waals surface area contributed by atoms with Crippen molar-refractivity contribution in [3.8, 4) is 5.75 Å². The predicted octanol–water partition coefficient (Wildman–Crippen LogP) is 2.66. The van der Waals surface area contributed by atoms with E-state index in [-0.39, 0.29) is 17.8 Å². The van der Waals surface area contributed by atoms with Crippen LogP contribution in [0.5, 0.6) is 5.75 Å². The summed E-state index contributed by atoms with van der Waals surface area (Å²) in [7, 11) is 0. The number of hydrogen-bond acceptors (Lipinski definition) is 4. The lowest BCUT2D eigenvalue weighted by Crippen LogP contribution is -2.26. The predicted molar refractivity (Wildman–Crippen MR) is 83.1 cm³/mol. The largest absolute Gasteiger partial charge is 0.493 e. The monoisotopic (exact) mass is 313 g/mol. The molecule has 0 saturated heterocycles. The Labute approximate surface area is 133 Å². The zero-order valence-corrected chi connectivity index (χ0v) is 12.4. The molecule has 1 unspecified atom stereocenters. The number of nitrogens with zero attached hydrogens (tertiary/aromatic N) is 2. The van der Waals surface area contributed by atoms with E-state index >= 15 is 0 Å². The minimum atomic E-state index is -0.344. The van der Waals surface area contributed by atoms with E-state index in [4.69, 9.17) is 4.74 Å². The van der Waals surface area contributed by atoms with Crippen LogP contribution in [0.1, 0.15) is 30.1 Å². The van der Waals surface area contributed by atoms with Gasteiger partial charge in [-0.05, 0) is 37.1 Å². The van der Waals surface area contributed by atoms with E-state index in [9.17, 15) is 9.18 Å². The van der Waals surface area contributed by atoms with Gasteiger partial charge in [-0.3, -0.25) is 14.8 Å². The first-order valence-corrected chi connectivity index (χ1v) is 7.39. The molecule has 1 aromatic heterocycles. The highest BCUT2D eigenvalue weighted by Gasteiger charge is 2.21. The van der Waals surface area contributed by atoms with Crippen molar-refractivity contribution >= 4 is 12.0 Å². The molecule has 0 spiro atoms. The maximum absolute atomic E-state index is 13.5. The molecule has 1 N–H and O–H groups in total. The number of carbonyl (C=O) groups is 1. The maximum Gasteiger partial charge on any atom is 0.244 e. The van der Waals surface area contributed by atoms with Crippen LogP contribution < -0.4 is 10.1 Å². The summed E-state index contributed by atoms with van der Waals surface area (Å²) in [5.74, 6) is 0.00784. The normalized spacial score (nSPS) is 17.2. The fourth-order valence-electron chi connectivity index (χ4n) is 2.48. The minimum Gasteiger partial charge on any atom is -0.493 e. The molecule has 2 heterocycles. The van der Waals surface area contributed by atoms with Gasteiger partial charge in [0.1, 0.15) is 11.6 Å². The number of amides is 1. The highest BCUT2D eigenvalue weighted by Crippen LogP contribution is 2.32. The van der Waals surface area contributed by atoms with Crippen molar-refractivity contribution < 1.29 is 13.9 Å². The molecule has 0 saturated carbocycles. The summed E-state index contributed by atoms with van der Waals surface area (Å²) in [6, 6.07) is 4.10. The number of rotatable bonds is 3. The summed E-state index contributed by atoms with van der Waals surface area (Å²) in [5.41, 5.74) is 1.27. The molecular formula is C17H16FN3O2. The Hall–Kier alpha value is -2.76.